The number of carboxylic acid groups (broad SMARTS) is 1. The van der Waals surface area contributed by atoms with E-state index in [2.05, 4.69) is 4.72 Å². The van der Waals surface area contributed by atoms with E-state index in [9.17, 15) is 13.2 Å². The number of nitrogens with zero attached hydrogens (tertiary/aromatic N) is 2. The standard InChI is InChI=1S/C19H29N3O4S/c1-2-22(13-15-6-4-3-5-7-15)27(25,26)20-17-10-18(11-17)21(14-19(23)24)12-16-8-9-16/h3-7,16-18,20H,2,8-14H2,1H3,(H,23,24). The van der Waals surface area contributed by atoms with E-state index in [1.54, 1.807) is 0 Å². The molecule has 0 unspecified atom stereocenters. The van der Waals surface area contributed by atoms with Gasteiger partial charge in [-0.15, -0.1) is 0 Å². The lowest BCUT2D eigenvalue weighted by molar-refractivity contribution is -0.139. The van der Waals surface area contributed by atoms with E-state index in [0.717, 1.165) is 12.1 Å². The molecule has 0 aliphatic heterocycles. The van der Waals surface area contributed by atoms with Gasteiger partial charge >= 0.3 is 5.97 Å². The fraction of sp³-hybridized carbons (Fsp3) is 0.632. The lowest BCUT2D eigenvalue weighted by Crippen LogP contribution is -2.57. The molecule has 0 atom stereocenters. The zero-order chi connectivity index (χ0) is 19.4. The summed E-state index contributed by atoms with van der Waals surface area (Å²) in [6.07, 6.45) is 3.68. The Morgan fingerprint density at radius 2 is 1.89 bits per heavy atom. The predicted molar refractivity (Wildman–Crippen MR) is 103 cm³/mol. The van der Waals surface area contributed by atoms with Crippen molar-refractivity contribution in [1.29, 1.82) is 0 Å². The van der Waals surface area contributed by atoms with Crippen LogP contribution in [0.25, 0.3) is 0 Å². The summed E-state index contributed by atoms with van der Waals surface area (Å²) < 4.78 is 29.7. The summed E-state index contributed by atoms with van der Waals surface area (Å²) in [7, 11) is -3.57. The van der Waals surface area contributed by atoms with Crippen molar-refractivity contribution in [3.8, 4) is 0 Å². The Kier molecular flexibility index (Phi) is 6.52. The Hall–Kier alpha value is -1.48. The fourth-order valence-corrected chi connectivity index (χ4v) is 4.99. The molecule has 2 aliphatic carbocycles. The van der Waals surface area contributed by atoms with E-state index in [4.69, 9.17) is 5.11 Å². The zero-order valence-corrected chi connectivity index (χ0v) is 16.6. The Labute approximate surface area is 161 Å². The van der Waals surface area contributed by atoms with Crippen molar-refractivity contribution < 1.29 is 18.3 Å². The second-order valence-corrected chi connectivity index (χ2v) is 9.33. The summed E-state index contributed by atoms with van der Waals surface area (Å²) in [6, 6.07) is 9.57. The van der Waals surface area contributed by atoms with Crippen LogP contribution in [0.5, 0.6) is 0 Å². The van der Waals surface area contributed by atoms with Crippen LogP contribution in [-0.4, -0.2) is 60.4 Å². The van der Waals surface area contributed by atoms with Gasteiger partial charge in [-0.2, -0.15) is 17.4 Å². The highest BCUT2D eigenvalue weighted by atomic mass is 32.2. The molecule has 3 rings (SSSR count). The predicted octanol–water partition coefficient (Wildman–Crippen LogP) is 1.67. The average Bonchev–Trinajstić information content (AvgIpc) is 3.39. The maximum absolute atomic E-state index is 12.7. The summed E-state index contributed by atoms with van der Waals surface area (Å²) in [5.41, 5.74) is 0.952. The Morgan fingerprint density at radius 3 is 2.44 bits per heavy atom. The summed E-state index contributed by atoms with van der Waals surface area (Å²) in [5.74, 6) is -0.207. The van der Waals surface area contributed by atoms with Gasteiger partial charge < -0.3 is 5.11 Å². The summed E-state index contributed by atoms with van der Waals surface area (Å²) in [6.45, 7) is 3.42. The number of hydrogen-bond donors (Lipinski definition) is 2. The molecule has 8 heteroatoms. The van der Waals surface area contributed by atoms with Gasteiger partial charge in [-0.1, -0.05) is 37.3 Å². The molecule has 0 amide bonds. The molecule has 1 aromatic carbocycles. The van der Waals surface area contributed by atoms with Crippen LogP contribution in [0.15, 0.2) is 30.3 Å². The topological polar surface area (TPSA) is 90.0 Å². The molecule has 27 heavy (non-hydrogen) atoms. The van der Waals surface area contributed by atoms with Gasteiger partial charge in [0.15, 0.2) is 0 Å². The van der Waals surface area contributed by atoms with Crippen molar-refractivity contribution in [2.24, 2.45) is 5.92 Å². The van der Waals surface area contributed by atoms with Crippen LogP contribution >= 0.6 is 0 Å². The molecule has 0 aromatic heterocycles. The molecule has 7 nitrogen and oxygen atoms in total. The molecule has 2 saturated carbocycles. The zero-order valence-electron chi connectivity index (χ0n) is 15.8. The number of hydrogen-bond acceptors (Lipinski definition) is 4. The highest BCUT2D eigenvalue weighted by Crippen LogP contribution is 2.34. The first-order chi connectivity index (χ1) is 12.9. The van der Waals surface area contributed by atoms with E-state index >= 15 is 0 Å². The normalized spacial score (nSPS) is 22.8. The molecule has 1 aromatic rings. The lowest BCUT2D eigenvalue weighted by atomic mass is 9.86. The number of nitrogens with one attached hydrogen (secondary N) is 1. The minimum atomic E-state index is -3.57. The van der Waals surface area contributed by atoms with Crippen molar-refractivity contribution in [1.82, 2.24) is 13.9 Å². The first kappa shape index (κ1) is 20.3. The van der Waals surface area contributed by atoms with Gasteiger partial charge in [0.25, 0.3) is 10.2 Å². The van der Waals surface area contributed by atoms with E-state index in [-0.39, 0.29) is 18.6 Å². The van der Waals surface area contributed by atoms with Crippen molar-refractivity contribution in [2.45, 2.75) is 51.2 Å². The summed E-state index contributed by atoms with van der Waals surface area (Å²) in [5, 5.41) is 9.12. The molecule has 0 bridgehead atoms. The van der Waals surface area contributed by atoms with Crippen molar-refractivity contribution in [3.63, 3.8) is 0 Å². The Bertz CT molecular complexity index is 731. The monoisotopic (exact) mass is 395 g/mol. The molecular weight excluding hydrogens is 366 g/mol. The third-order valence-corrected chi connectivity index (χ3v) is 7.07. The van der Waals surface area contributed by atoms with Gasteiger partial charge in [0.2, 0.25) is 0 Å². The number of rotatable bonds is 11. The van der Waals surface area contributed by atoms with Crippen LogP contribution in [0.2, 0.25) is 0 Å². The van der Waals surface area contributed by atoms with Crippen LogP contribution in [-0.2, 0) is 21.5 Å². The van der Waals surface area contributed by atoms with E-state index in [1.807, 2.05) is 42.2 Å². The van der Waals surface area contributed by atoms with Crippen molar-refractivity contribution in [3.05, 3.63) is 35.9 Å². The average molecular weight is 396 g/mol. The Balaban J connectivity index is 1.52. The minimum absolute atomic E-state index is 0.0374. The van der Waals surface area contributed by atoms with Gasteiger partial charge in [-0.05, 0) is 37.2 Å². The van der Waals surface area contributed by atoms with Gasteiger partial charge in [0.1, 0.15) is 0 Å². The third kappa shape index (κ3) is 5.75. The minimum Gasteiger partial charge on any atom is -0.480 e. The highest BCUT2D eigenvalue weighted by Gasteiger charge is 2.39. The first-order valence-corrected chi connectivity index (χ1v) is 11.1. The molecule has 2 N–H and O–H groups in total. The van der Waals surface area contributed by atoms with Crippen molar-refractivity contribution >= 4 is 16.2 Å². The molecule has 150 valence electrons. The second-order valence-electron chi connectivity index (χ2n) is 7.62. The van der Waals surface area contributed by atoms with Crippen LogP contribution < -0.4 is 4.72 Å². The van der Waals surface area contributed by atoms with E-state index in [1.165, 1.54) is 17.1 Å². The molecule has 2 fully saturated rings. The smallest absolute Gasteiger partial charge is 0.317 e. The summed E-state index contributed by atoms with van der Waals surface area (Å²) >= 11 is 0. The van der Waals surface area contributed by atoms with Crippen LogP contribution in [0.3, 0.4) is 0 Å². The van der Waals surface area contributed by atoms with Crippen molar-refractivity contribution in [2.75, 3.05) is 19.6 Å². The van der Waals surface area contributed by atoms with Crippen LogP contribution in [0, 0.1) is 5.92 Å². The number of carbonyl (C=O) groups is 1. The molecule has 0 saturated heterocycles. The maximum Gasteiger partial charge on any atom is 0.317 e. The van der Waals surface area contributed by atoms with E-state index in [0.29, 0.717) is 31.8 Å². The molecular formula is C19H29N3O4S. The number of benzene rings is 1. The SMILES string of the molecule is CCN(Cc1ccccc1)S(=O)(=O)NC1CC(N(CC(=O)O)CC2CC2)C1. The summed E-state index contributed by atoms with van der Waals surface area (Å²) in [4.78, 5) is 13.1. The number of aliphatic carboxylic acids is 1. The van der Waals surface area contributed by atoms with Gasteiger partial charge in [0.05, 0.1) is 6.54 Å². The largest absolute Gasteiger partial charge is 0.480 e. The molecule has 0 spiro atoms. The third-order valence-electron chi connectivity index (χ3n) is 5.37. The maximum atomic E-state index is 12.7. The van der Waals surface area contributed by atoms with Crippen LogP contribution in [0.1, 0.15) is 38.2 Å². The fourth-order valence-electron chi connectivity index (χ4n) is 3.57. The quantitative estimate of drug-likeness (QED) is 0.595. The van der Waals surface area contributed by atoms with Crippen LogP contribution in [0.4, 0.5) is 0 Å². The highest BCUT2D eigenvalue weighted by molar-refractivity contribution is 7.87. The molecule has 0 heterocycles. The second kappa shape index (κ2) is 8.68. The van der Waals surface area contributed by atoms with Gasteiger partial charge in [-0.3, -0.25) is 9.69 Å². The molecule has 2 aliphatic rings. The van der Waals surface area contributed by atoms with Gasteiger partial charge in [0, 0.05) is 31.7 Å². The number of carboxylic acids is 1. The van der Waals surface area contributed by atoms with Gasteiger partial charge in [-0.25, -0.2) is 0 Å². The lowest BCUT2D eigenvalue weighted by Gasteiger charge is -2.43. The first-order valence-electron chi connectivity index (χ1n) is 9.64. The van der Waals surface area contributed by atoms with E-state index < -0.39 is 16.2 Å². The molecule has 0 radical (unpaired) electrons. The Morgan fingerprint density at radius 1 is 1.22 bits per heavy atom.